The van der Waals surface area contributed by atoms with Gasteiger partial charge in [0.05, 0.1) is 10.6 Å². The van der Waals surface area contributed by atoms with Crippen molar-refractivity contribution >= 4 is 39.1 Å². The van der Waals surface area contributed by atoms with Crippen LogP contribution in [0, 0.1) is 13.8 Å². The van der Waals surface area contributed by atoms with E-state index in [-0.39, 0.29) is 29.8 Å². The summed E-state index contributed by atoms with van der Waals surface area (Å²) in [6, 6.07) is 29.1. The zero-order valence-corrected chi connectivity index (χ0v) is 27.7. The molecule has 0 saturated heterocycles. The Kier molecular flexibility index (Phi) is 11.4. The Morgan fingerprint density at radius 2 is 1.47 bits per heavy atom. The van der Waals surface area contributed by atoms with E-state index in [2.05, 4.69) is 5.32 Å². The van der Waals surface area contributed by atoms with E-state index in [9.17, 15) is 18.0 Å². The second-order valence-corrected chi connectivity index (χ2v) is 13.6. The van der Waals surface area contributed by atoms with Gasteiger partial charge in [0.1, 0.15) is 12.6 Å². The van der Waals surface area contributed by atoms with Crippen LogP contribution in [0.2, 0.25) is 5.02 Å². The zero-order valence-electron chi connectivity index (χ0n) is 26.1. The van der Waals surface area contributed by atoms with Gasteiger partial charge in [-0.15, -0.1) is 0 Å². The third-order valence-corrected chi connectivity index (χ3v) is 9.75. The molecule has 0 heterocycles. The van der Waals surface area contributed by atoms with Crippen molar-refractivity contribution in [2.24, 2.45) is 0 Å². The first-order valence-corrected chi connectivity index (χ1v) is 16.8. The van der Waals surface area contributed by atoms with Crippen molar-refractivity contribution in [3.63, 3.8) is 0 Å². The molecule has 7 nitrogen and oxygen atoms in total. The van der Waals surface area contributed by atoms with Crippen LogP contribution in [0.3, 0.4) is 0 Å². The van der Waals surface area contributed by atoms with Gasteiger partial charge in [-0.3, -0.25) is 13.9 Å². The highest BCUT2D eigenvalue weighted by atomic mass is 35.5. The van der Waals surface area contributed by atoms with Crippen LogP contribution in [0.4, 0.5) is 5.69 Å². The third kappa shape index (κ3) is 8.96. The number of hydrogen-bond acceptors (Lipinski definition) is 4. The first-order chi connectivity index (χ1) is 21.5. The number of rotatable bonds is 13. The van der Waals surface area contributed by atoms with Gasteiger partial charge in [-0.25, -0.2) is 8.42 Å². The lowest BCUT2D eigenvalue weighted by atomic mass is 10.0. The van der Waals surface area contributed by atoms with Gasteiger partial charge >= 0.3 is 0 Å². The lowest BCUT2D eigenvalue weighted by Gasteiger charge is -2.34. The molecule has 0 aliphatic carbocycles. The van der Waals surface area contributed by atoms with Crippen LogP contribution in [-0.4, -0.2) is 43.8 Å². The zero-order chi connectivity index (χ0) is 32.6. The minimum absolute atomic E-state index is 0.000795. The van der Waals surface area contributed by atoms with Crippen LogP contribution < -0.4 is 9.62 Å². The molecule has 0 aromatic heterocycles. The highest BCUT2D eigenvalue weighted by molar-refractivity contribution is 7.92. The second kappa shape index (κ2) is 15.2. The molecule has 2 unspecified atom stereocenters. The van der Waals surface area contributed by atoms with Crippen molar-refractivity contribution in [2.75, 3.05) is 10.8 Å². The first-order valence-electron chi connectivity index (χ1n) is 15.0. The van der Waals surface area contributed by atoms with Gasteiger partial charge in [-0.05, 0) is 74.7 Å². The Morgan fingerprint density at radius 3 is 2.09 bits per heavy atom. The molecular weight excluding hydrogens is 606 g/mol. The fraction of sp³-hybridized carbons (Fsp3) is 0.278. The number of carbonyl (C=O) groups is 2. The van der Waals surface area contributed by atoms with E-state index in [0.29, 0.717) is 10.7 Å². The predicted molar refractivity (Wildman–Crippen MR) is 181 cm³/mol. The smallest absolute Gasteiger partial charge is 0.264 e. The van der Waals surface area contributed by atoms with Gasteiger partial charge in [-0.1, -0.05) is 96.4 Å². The van der Waals surface area contributed by atoms with E-state index in [0.717, 1.165) is 33.0 Å². The molecule has 45 heavy (non-hydrogen) atoms. The summed E-state index contributed by atoms with van der Waals surface area (Å²) in [5.74, 6) is -0.800. The van der Waals surface area contributed by atoms with Gasteiger partial charge in [0.2, 0.25) is 11.8 Å². The van der Waals surface area contributed by atoms with Gasteiger partial charge in [-0.2, -0.15) is 0 Å². The van der Waals surface area contributed by atoms with Crippen molar-refractivity contribution in [3.05, 3.63) is 130 Å². The summed E-state index contributed by atoms with van der Waals surface area (Å²) >= 11 is 6.06. The van der Waals surface area contributed by atoms with Crippen LogP contribution in [0.25, 0.3) is 0 Å². The number of sulfonamides is 1. The third-order valence-electron chi connectivity index (χ3n) is 7.71. The standard InChI is InChI=1S/C36H40ClN3O4S/c1-5-28(4)38-36(42)34(23-29-11-7-6-8-12-29)39(24-30-13-9-10-27(3)22-30)35(41)25-40(32-18-14-26(2)15-19-32)45(43,44)33-20-16-31(37)17-21-33/h6-22,28,34H,5,23-25H2,1-4H3,(H,38,42). The second-order valence-electron chi connectivity index (χ2n) is 11.3. The summed E-state index contributed by atoms with van der Waals surface area (Å²) < 4.78 is 29.3. The number of nitrogens with zero attached hydrogens (tertiary/aromatic N) is 2. The summed E-state index contributed by atoms with van der Waals surface area (Å²) in [6.45, 7) is 7.37. The van der Waals surface area contributed by atoms with E-state index >= 15 is 0 Å². The Labute approximate surface area is 271 Å². The maximum atomic E-state index is 14.5. The largest absolute Gasteiger partial charge is 0.352 e. The SMILES string of the molecule is CCC(C)NC(=O)C(Cc1ccccc1)N(Cc1cccc(C)c1)C(=O)CN(c1ccc(C)cc1)S(=O)(=O)c1ccc(Cl)cc1. The molecule has 2 amide bonds. The number of aryl methyl sites for hydroxylation is 2. The van der Waals surface area contributed by atoms with E-state index in [1.807, 2.05) is 82.3 Å². The summed E-state index contributed by atoms with van der Waals surface area (Å²) in [4.78, 5) is 30.0. The lowest BCUT2D eigenvalue weighted by Crippen LogP contribution is -2.54. The predicted octanol–water partition coefficient (Wildman–Crippen LogP) is 6.71. The molecule has 0 spiro atoms. The van der Waals surface area contributed by atoms with Gasteiger partial charge in [0.25, 0.3) is 10.0 Å². The highest BCUT2D eigenvalue weighted by Gasteiger charge is 2.35. The van der Waals surface area contributed by atoms with Crippen LogP contribution in [0.15, 0.2) is 108 Å². The van der Waals surface area contributed by atoms with Crippen LogP contribution in [-0.2, 0) is 32.6 Å². The molecule has 0 aliphatic rings. The topological polar surface area (TPSA) is 86.8 Å². The average Bonchev–Trinajstić information content (AvgIpc) is 3.02. The quantitative estimate of drug-likeness (QED) is 0.175. The molecule has 0 bridgehead atoms. The molecule has 4 rings (SSSR count). The van der Waals surface area contributed by atoms with Crippen LogP contribution >= 0.6 is 11.6 Å². The minimum atomic E-state index is -4.19. The van der Waals surface area contributed by atoms with Crippen molar-refractivity contribution < 1.29 is 18.0 Å². The fourth-order valence-corrected chi connectivity index (χ4v) is 6.52. The maximum Gasteiger partial charge on any atom is 0.264 e. The summed E-state index contributed by atoms with van der Waals surface area (Å²) in [6.07, 6.45) is 0.977. The number of benzene rings is 4. The molecule has 236 valence electrons. The molecule has 2 atom stereocenters. The average molecular weight is 646 g/mol. The molecule has 4 aromatic rings. The molecule has 0 radical (unpaired) electrons. The monoisotopic (exact) mass is 645 g/mol. The Bertz CT molecular complexity index is 1690. The number of anilines is 1. The number of halogens is 1. The van der Waals surface area contributed by atoms with Gasteiger partial charge in [0, 0.05) is 24.0 Å². The molecular formula is C36H40ClN3O4S. The lowest BCUT2D eigenvalue weighted by molar-refractivity contribution is -0.140. The van der Waals surface area contributed by atoms with Gasteiger partial charge < -0.3 is 10.2 Å². The normalized spacial score (nSPS) is 12.6. The van der Waals surface area contributed by atoms with Crippen molar-refractivity contribution in [1.29, 1.82) is 0 Å². The van der Waals surface area contributed by atoms with E-state index in [1.54, 1.807) is 24.3 Å². The molecule has 0 saturated carbocycles. The molecule has 0 aliphatic heterocycles. The minimum Gasteiger partial charge on any atom is -0.352 e. The summed E-state index contributed by atoms with van der Waals surface area (Å²) in [5.41, 5.74) is 4.01. The van der Waals surface area contributed by atoms with Crippen molar-refractivity contribution in [2.45, 2.75) is 64.1 Å². The number of carbonyl (C=O) groups excluding carboxylic acids is 2. The number of amides is 2. The molecule has 1 N–H and O–H groups in total. The molecule has 9 heteroatoms. The number of nitrogens with one attached hydrogen (secondary N) is 1. The summed E-state index contributed by atoms with van der Waals surface area (Å²) in [5, 5.41) is 3.45. The van der Waals surface area contributed by atoms with Crippen molar-refractivity contribution in [3.8, 4) is 0 Å². The van der Waals surface area contributed by atoms with Crippen LogP contribution in [0.1, 0.15) is 42.5 Å². The van der Waals surface area contributed by atoms with E-state index in [4.69, 9.17) is 11.6 Å². The summed E-state index contributed by atoms with van der Waals surface area (Å²) in [7, 11) is -4.19. The Balaban J connectivity index is 1.80. The van der Waals surface area contributed by atoms with Gasteiger partial charge in [0.15, 0.2) is 0 Å². The molecule has 0 fully saturated rings. The van der Waals surface area contributed by atoms with Crippen molar-refractivity contribution in [1.82, 2.24) is 10.2 Å². The first kappa shape index (κ1) is 33.7. The van der Waals surface area contributed by atoms with E-state index in [1.165, 1.54) is 29.2 Å². The maximum absolute atomic E-state index is 14.5. The van der Waals surface area contributed by atoms with E-state index < -0.39 is 28.5 Å². The number of hydrogen-bond donors (Lipinski definition) is 1. The Morgan fingerprint density at radius 1 is 0.822 bits per heavy atom. The highest BCUT2D eigenvalue weighted by Crippen LogP contribution is 2.26. The fourth-order valence-electron chi connectivity index (χ4n) is 4.98. The Hall–Kier alpha value is -4.14. The molecule has 4 aromatic carbocycles. The van der Waals surface area contributed by atoms with Crippen LogP contribution in [0.5, 0.6) is 0 Å².